The minimum absolute atomic E-state index is 0.119. The zero-order chi connectivity index (χ0) is 14.8. The van der Waals surface area contributed by atoms with Crippen molar-refractivity contribution in [2.24, 2.45) is 0 Å². The van der Waals surface area contributed by atoms with Crippen molar-refractivity contribution in [2.45, 2.75) is 13.8 Å². The van der Waals surface area contributed by atoms with E-state index in [1.165, 1.54) is 20.6 Å². The third-order valence-corrected chi connectivity index (χ3v) is 6.25. The molecule has 0 aliphatic carbocycles. The molecule has 0 aliphatic heterocycles. The molecule has 5 nitrogen and oxygen atoms in total. The molecule has 0 amide bonds. The number of fused-ring (bicyclic) bond motifs is 6. The maximum absolute atomic E-state index is 4.88. The quantitative estimate of drug-likeness (QED) is 0.402. The summed E-state index contributed by atoms with van der Waals surface area (Å²) in [5.74, 6) is 0.775. The van der Waals surface area contributed by atoms with Gasteiger partial charge in [0, 0.05) is 0 Å². The van der Waals surface area contributed by atoms with Gasteiger partial charge in [0.2, 0.25) is 0 Å². The van der Waals surface area contributed by atoms with E-state index in [1.807, 2.05) is 13.0 Å². The van der Waals surface area contributed by atoms with E-state index < -0.39 is 0 Å². The Hall–Kier alpha value is -2.30. The van der Waals surface area contributed by atoms with Crippen LogP contribution in [0.4, 0.5) is 0 Å². The number of pyridine rings is 1. The van der Waals surface area contributed by atoms with Crippen LogP contribution in [0.25, 0.3) is 36.1 Å². The van der Waals surface area contributed by atoms with Gasteiger partial charge >= 0.3 is 131 Å². The number of para-hydroxylation sites is 1. The van der Waals surface area contributed by atoms with Crippen LogP contribution in [0.5, 0.6) is 0 Å². The monoisotopic (exact) mass is 353 g/mol. The van der Waals surface area contributed by atoms with Gasteiger partial charge in [-0.1, -0.05) is 0 Å². The second-order valence-corrected chi connectivity index (χ2v) is 7.48. The first-order chi connectivity index (χ1) is 10.7. The number of hydrogen-bond acceptors (Lipinski definition) is 4. The fourth-order valence-electron chi connectivity index (χ4n) is 3.01. The third-order valence-electron chi connectivity index (χ3n) is 4.01. The van der Waals surface area contributed by atoms with Gasteiger partial charge in [-0.2, -0.15) is 0 Å². The molecule has 6 heteroatoms. The first-order valence-electron chi connectivity index (χ1n) is 7.02. The van der Waals surface area contributed by atoms with Gasteiger partial charge in [-0.25, -0.2) is 0 Å². The molecule has 1 aromatic carbocycles. The molecule has 5 rings (SSSR count). The Morgan fingerprint density at radius 1 is 1.09 bits per heavy atom. The number of aromatic nitrogens is 5. The number of benzene rings is 1. The standard InChI is InChI=1S/C16H11N5Se/c1-8-10-5-3-4-6-11(10)19-16-12(8)13-14(22-16)15-18-9(2)20-21(15)7-17-13/h3-7H,1-2H3. The van der Waals surface area contributed by atoms with Crippen LogP contribution in [0.1, 0.15) is 11.4 Å². The molecule has 0 fully saturated rings. The summed E-state index contributed by atoms with van der Waals surface area (Å²) in [6.45, 7) is 4.07. The topological polar surface area (TPSA) is 56.0 Å². The SMILES string of the molecule is Cc1nc2c3[se]c4nc5ccccc5c(C)c4c3ncn2n1. The predicted octanol–water partition coefficient (Wildman–Crippen LogP) is 2.65. The van der Waals surface area contributed by atoms with Crippen molar-refractivity contribution >= 4 is 50.6 Å². The molecule has 0 N–H and O–H groups in total. The van der Waals surface area contributed by atoms with E-state index >= 15 is 0 Å². The van der Waals surface area contributed by atoms with E-state index in [-0.39, 0.29) is 14.5 Å². The van der Waals surface area contributed by atoms with Crippen LogP contribution in [-0.2, 0) is 0 Å². The number of rotatable bonds is 0. The first kappa shape index (κ1) is 12.3. The Bertz CT molecular complexity index is 1200. The van der Waals surface area contributed by atoms with Crippen LogP contribution in [0.2, 0.25) is 0 Å². The molecule has 0 saturated heterocycles. The zero-order valence-corrected chi connectivity index (χ0v) is 13.7. The average Bonchev–Trinajstić information content (AvgIpc) is 3.06. The molecule has 5 aromatic rings. The van der Waals surface area contributed by atoms with Crippen LogP contribution < -0.4 is 0 Å². The summed E-state index contributed by atoms with van der Waals surface area (Å²) in [4.78, 5) is 14.1. The van der Waals surface area contributed by atoms with Crippen molar-refractivity contribution in [3.8, 4) is 0 Å². The van der Waals surface area contributed by atoms with Gasteiger partial charge in [0.15, 0.2) is 0 Å². The van der Waals surface area contributed by atoms with E-state index in [9.17, 15) is 0 Å². The summed E-state index contributed by atoms with van der Waals surface area (Å²) >= 11 is 0.119. The molecule has 4 heterocycles. The Balaban J connectivity index is 2.08. The number of nitrogens with zero attached hydrogens (tertiary/aromatic N) is 5. The van der Waals surface area contributed by atoms with Gasteiger partial charge in [-0.15, -0.1) is 0 Å². The molecule has 0 bridgehead atoms. The molecular formula is C16H11N5Se. The van der Waals surface area contributed by atoms with Crippen LogP contribution in [0, 0.1) is 13.8 Å². The van der Waals surface area contributed by atoms with Crippen molar-refractivity contribution in [3.63, 3.8) is 0 Å². The summed E-state index contributed by atoms with van der Waals surface area (Å²) in [7, 11) is 0. The van der Waals surface area contributed by atoms with Crippen molar-refractivity contribution in [1.29, 1.82) is 0 Å². The van der Waals surface area contributed by atoms with Crippen molar-refractivity contribution in [2.75, 3.05) is 0 Å². The van der Waals surface area contributed by atoms with Gasteiger partial charge in [0.25, 0.3) is 0 Å². The molecule has 106 valence electrons. The molecule has 0 spiro atoms. The Morgan fingerprint density at radius 2 is 1.95 bits per heavy atom. The summed E-state index contributed by atoms with van der Waals surface area (Å²) < 4.78 is 4.12. The van der Waals surface area contributed by atoms with E-state index in [0.29, 0.717) is 0 Å². The Morgan fingerprint density at radius 3 is 2.86 bits per heavy atom. The molecule has 0 unspecified atom stereocenters. The average molecular weight is 352 g/mol. The molecule has 22 heavy (non-hydrogen) atoms. The Kier molecular flexibility index (Phi) is 2.30. The second kappa shape index (κ2) is 4.12. The normalized spacial score (nSPS) is 12.1. The number of aryl methyl sites for hydroxylation is 2. The van der Waals surface area contributed by atoms with E-state index in [4.69, 9.17) is 4.98 Å². The zero-order valence-electron chi connectivity index (χ0n) is 12.0. The molecule has 0 saturated carbocycles. The van der Waals surface area contributed by atoms with Gasteiger partial charge < -0.3 is 0 Å². The molecule has 0 aliphatic rings. The summed E-state index contributed by atoms with van der Waals surface area (Å²) in [5, 5.41) is 6.75. The molecule has 0 atom stereocenters. The van der Waals surface area contributed by atoms with Crippen LogP contribution in [0.3, 0.4) is 0 Å². The predicted molar refractivity (Wildman–Crippen MR) is 87.5 cm³/mol. The fraction of sp³-hybridized carbons (Fsp3) is 0.125. The minimum atomic E-state index is 0.119. The van der Waals surface area contributed by atoms with Crippen molar-refractivity contribution in [3.05, 3.63) is 42.0 Å². The summed E-state index contributed by atoms with van der Waals surface area (Å²) in [6.07, 6.45) is 1.76. The molecule has 4 aromatic heterocycles. The summed E-state index contributed by atoms with van der Waals surface area (Å²) in [5.41, 5.74) is 4.27. The Labute approximate surface area is 131 Å². The van der Waals surface area contributed by atoms with Gasteiger partial charge in [-0.05, 0) is 0 Å². The summed E-state index contributed by atoms with van der Waals surface area (Å²) in [6, 6.07) is 8.30. The van der Waals surface area contributed by atoms with Gasteiger partial charge in [-0.3, -0.25) is 0 Å². The molecule has 0 radical (unpaired) electrons. The second-order valence-electron chi connectivity index (χ2n) is 5.39. The fourth-order valence-corrected chi connectivity index (χ4v) is 5.47. The van der Waals surface area contributed by atoms with E-state index in [2.05, 4.69) is 40.2 Å². The van der Waals surface area contributed by atoms with E-state index in [0.717, 1.165) is 26.9 Å². The first-order valence-corrected chi connectivity index (χ1v) is 8.73. The van der Waals surface area contributed by atoms with Crippen LogP contribution in [0.15, 0.2) is 30.6 Å². The maximum atomic E-state index is 4.88. The third kappa shape index (κ3) is 1.48. The van der Waals surface area contributed by atoms with Crippen LogP contribution in [-0.4, -0.2) is 39.1 Å². The van der Waals surface area contributed by atoms with Crippen LogP contribution >= 0.6 is 0 Å². The number of hydrogen-bond donors (Lipinski definition) is 0. The van der Waals surface area contributed by atoms with Gasteiger partial charge in [0.05, 0.1) is 0 Å². The van der Waals surface area contributed by atoms with Crippen molar-refractivity contribution in [1.82, 2.24) is 24.6 Å². The van der Waals surface area contributed by atoms with E-state index in [1.54, 1.807) is 10.8 Å². The van der Waals surface area contributed by atoms with Gasteiger partial charge in [0.1, 0.15) is 0 Å². The molecular weight excluding hydrogens is 341 g/mol. The van der Waals surface area contributed by atoms with Crippen molar-refractivity contribution < 1.29 is 0 Å².